The highest BCUT2D eigenvalue weighted by Crippen LogP contribution is 2.29. The molecular formula is C12H12N2OS. The predicted molar refractivity (Wildman–Crippen MR) is 66.1 cm³/mol. The van der Waals surface area contributed by atoms with E-state index in [1.807, 2.05) is 31.2 Å². The first-order valence-electron chi connectivity index (χ1n) is 4.91. The molecule has 0 saturated heterocycles. The third kappa shape index (κ3) is 1.84. The molecule has 82 valence electrons. The first-order chi connectivity index (χ1) is 7.74. The molecule has 0 radical (unpaired) electrons. The predicted octanol–water partition coefficient (Wildman–Crippen LogP) is 3.12. The largest absolute Gasteiger partial charge is 0.496 e. The van der Waals surface area contributed by atoms with Crippen LogP contribution in [0.15, 0.2) is 30.6 Å². The molecule has 0 fully saturated rings. The number of methoxy groups -OCH3 is 1. The van der Waals surface area contributed by atoms with Crippen molar-refractivity contribution in [3.63, 3.8) is 0 Å². The van der Waals surface area contributed by atoms with E-state index in [0.717, 1.165) is 22.6 Å². The van der Waals surface area contributed by atoms with Gasteiger partial charge in [-0.05, 0) is 19.1 Å². The van der Waals surface area contributed by atoms with Crippen LogP contribution in [0.1, 0.15) is 5.56 Å². The Labute approximate surface area is 99.1 Å². The summed E-state index contributed by atoms with van der Waals surface area (Å²) in [4.78, 5) is 7.15. The first-order valence-corrected chi connectivity index (χ1v) is 5.32. The maximum atomic E-state index is 5.32. The summed E-state index contributed by atoms with van der Waals surface area (Å²) in [6.07, 6.45) is 1.61. The molecule has 3 nitrogen and oxygen atoms in total. The van der Waals surface area contributed by atoms with Crippen LogP contribution in [-0.4, -0.2) is 17.1 Å². The van der Waals surface area contributed by atoms with Crippen LogP contribution in [0.25, 0.3) is 11.3 Å². The zero-order valence-electron chi connectivity index (χ0n) is 9.15. The van der Waals surface area contributed by atoms with E-state index < -0.39 is 0 Å². The molecule has 1 heterocycles. The Morgan fingerprint density at radius 3 is 2.81 bits per heavy atom. The summed E-state index contributed by atoms with van der Waals surface area (Å²) in [6.45, 7) is 1.95. The average molecular weight is 232 g/mol. The van der Waals surface area contributed by atoms with Crippen molar-refractivity contribution in [2.75, 3.05) is 7.11 Å². The molecule has 0 bridgehead atoms. The van der Waals surface area contributed by atoms with E-state index in [9.17, 15) is 0 Å². The van der Waals surface area contributed by atoms with Crippen molar-refractivity contribution < 1.29 is 4.74 Å². The number of nitrogens with one attached hydrogen (secondary N) is 1. The molecule has 0 spiro atoms. The quantitative estimate of drug-likeness (QED) is 0.808. The van der Waals surface area contributed by atoms with E-state index in [0.29, 0.717) is 4.64 Å². The summed E-state index contributed by atoms with van der Waals surface area (Å²) in [7, 11) is 1.66. The van der Waals surface area contributed by atoms with Gasteiger partial charge in [-0.3, -0.25) is 0 Å². The van der Waals surface area contributed by atoms with Gasteiger partial charge in [-0.15, -0.1) is 0 Å². The smallest absolute Gasteiger partial charge is 0.132 e. The van der Waals surface area contributed by atoms with Crippen LogP contribution in [0.2, 0.25) is 0 Å². The second kappa shape index (κ2) is 4.45. The highest BCUT2D eigenvalue weighted by molar-refractivity contribution is 7.71. The topological polar surface area (TPSA) is 37.9 Å². The minimum atomic E-state index is 0.611. The fraction of sp³-hybridized carbons (Fsp3) is 0.167. The summed E-state index contributed by atoms with van der Waals surface area (Å²) in [6, 6.07) is 7.82. The van der Waals surface area contributed by atoms with E-state index in [4.69, 9.17) is 17.0 Å². The molecule has 2 rings (SSSR count). The van der Waals surface area contributed by atoms with Crippen molar-refractivity contribution in [3.8, 4) is 17.0 Å². The Balaban J connectivity index is 2.68. The van der Waals surface area contributed by atoms with Crippen LogP contribution in [0, 0.1) is 11.6 Å². The van der Waals surface area contributed by atoms with Crippen molar-refractivity contribution in [3.05, 3.63) is 40.8 Å². The van der Waals surface area contributed by atoms with Gasteiger partial charge in [0.15, 0.2) is 0 Å². The fourth-order valence-electron chi connectivity index (χ4n) is 1.60. The van der Waals surface area contributed by atoms with Gasteiger partial charge in [0, 0.05) is 11.1 Å². The molecule has 0 saturated carbocycles. The Bertz CT molecular complexity index is 563. The molecule has 0 amide bonds. The second-order valence-electron chi connectivity index (χ2n) is 3.41. The lowest BCUT2D eigenvalue weighted by molar-refractivity contribution is 0.416. The molecule has 0 aliphatic carbocycles. The number of H-pyrrole nitrogens is 1. The zero-order chi connectivity index (χ0) is 11.5. The number of ether oxygens (including phenoxy) is 1. The lowest BCUT2D eigenvalue weighted by Crippen LogP contribution is -1.94. The zero-order valence-corrected chi connectivity index (χ0v) is 9.97. The van der Waals surface area contributed by atoms with Crippen LogP contribution in [0.4, 0.5) is 0 Å². The molecule has 4 heteroatoms. The number of benzene rings is 1. The molecule has 1 aromatic carbocycles. The lowest BCUT2D eigenvalue weighted by atomic mass is 10.1. The normalized spacial score (nSPS) is 10.1. The third-order valence-electron chi connectivity index (χ3n) is 2.46. The number of rotatable bonds is 2. The van der Waals surface area contributed by atoms with Gasteiger partial charge in [0.25, 0.3) is 0 Å². The van der Waals surface area contributed by atoms with Crippen molar-refractivity contribution >= 4 is 12.2 Å². The van der Waals surface area contributed by atoms with Gasteiger partial charge < -0.3 is 9.72 Å². The van der Waals surface area contributed by atoms with Crippen LogP contribution < -0.4 is 4.74 Å². The van der Waals surface area contributed by atoms with Gasteiger partial charge in [0.1, 0.15) is 10.4 Å². The number of nitrogens with zero attached hydrogens (tertiary/aromatic N) is 1. The number of aromatic nitrogens is 2. The summed E-state index contributed by atoms with van der Waals surface area (Å²) >= 11 is 5.15. The lowest BCUT2D eigenvalue weighted by Gasteiger charge is -2.10. The highest BCUT2D eigenvalue weighted by Gasteiger charge is 2.08. The maximum absolute atomic E-state index is 5.32. The maximum Gasteiger partial charge on any atom is 0.132 e. The van der Waals surface area contributed by atoms with E-state index in [1.165, 1.54) is 0 Å². The van der Waals surface area contributed by atoms with E-state index in [2.05, 4.69) is 9.97 Å². The summed E-state index contributed by atoms with van der Waals surface area (Å²) in [5, 5.41) is 0. The van der Waals surface area contributed by atoms with Crippen LogP contribution in [0.3, 0.4) is 0 Å². The minimum Gasteiger partial charge on any atom is -0.496 e. The van der Waals surface area contributed by atoms with Gasteiger partial charge in [-0.25, -0.2) is 4.98 Å². The number of para-hydroxylation sites is 1. The summed E-state index contributed by atoms with van der Waals surface area (Å²) in [5.41, 5.74) is 2.91. The Morgan fingerprint density at radius 2 is 2.06 bits per heavy atom. The monoisotopic (exact) mass is 232 g/mol. The van der Waals surface area contributed by atoms with Crippen molar-refractivity contribution in [1.29, 1.82) is 0 Å². The third-order valence-corrected chi connectivity index (χ3v) is 2.87. The molecule has 0 aliphatic heterocycles. The highest BCUT2D eigenvalue weighted by atomic mass is 32.1. The van der Waals surface area contributed by atoms with Crippen LogP contribution in [-0.2, 0) is 0 Å². The number of aromatic amines is 1. The molecule has 1 aromatic heterocycles. The van der Waals surface area contributed by atoms with Gasteiger partial charge >= 0.3 is 0 Å². The van der Waals surface area contributed by atoms with E-state index >= 15 is 0 Å². The van der Waals surface area contributed by atoms with Gasteiger partial charge in [-0.2, -0.15) is 0 Å². The molecule has 2 aromatic rings. The van der Waals surface area contributed by atoms with Gasteiger partial charge in [-0.1, -0.05) is 24.4 Å². The number of hydrogen-bond donors (Lipinski definition) is 1. The van der Waals surface area contributed by atoms with E-state index in [1.54, 1.807) is 13.4 Å². The Hall–Kier alpha value is -1.68. The summed E-state index contributed by atoms with van der Waals surface area (Å²) in [5.74, 6) is 0.822. The average Bonchev–Trinajstić information content (AvgIpc) is 2.33. The summed E-state index contributed by atoms with van der Waals surface area (Å²) < 4.78 is 5.93. The standard InChI is InChI=1S/C12H12N2OS/c1-8-11(13-7-14-12(8)16)9-5-3-4-6-10(9)15-2/h3-7H,1-2H3,(H,13,14,16). The number of hydrogen-bond acceptors (Lipinski definition) is 3. The Kier molecular flexibility index (Phi) is 3.01. The van der Waals surface area contributed by atoms with Gasteiger partial charge in [0.05, 0.1) is 19.1 Å². The molecule has 1 N–H and O–H groups in total. The van der Waals surface area contributed by atoms with Crippen LogP contribution >= 0.6 is 12.2 Å². The minimum absolute atomic E-state index is 0.611. The molecule has 0 aliphatic rings. The van der Waals surface area contributed by atoms with Crippen molar-refractivity contribution in [1.82, 2.24) is 9.97 Å². The second-order valence-corrected chi connectivity index (χ2v) is 3.79. The van der Waals surface area contributed by atoms with Crippen molar-refractivity contribution in [2.24, 2.45) is 0 Å². The van der Waals surface area contributed by atoms with E-state index in [-0.39, 0.29) is 0 Å². The molecule has 0 atom stereocenters. The first kappa shape index (κ1) is 10.8. The van der Waals surface area contributed by atoms with Crippen LogP contribution in [0.5, 0.6) is 5.75 Å². The molecular weight excluding hydrogens is 220 g/mol. The fourth-order valence-corrected chi connectivity index (χ4v) is 1.75. The Morgan fingerprint density at radius 1 is 1.31 bits per heavy atom. The molecule has 16 heavy (non-hydrogen) atoms. The van der Waals surface area contributed by atoms with Crippen molar-refractivity contribution in [2.45, 2.75) is 6.92 Å². The molecule has 0 unspecified atom stereocenters. The SMILES string of the molecule is COc1ccccc1-c1[nH]cnc(=S)c1C. The van der Waals surface area contributed by atoms with Gasteiger partial charge in [0.2, 0.25) is 0 Å².